The van der Waals surface area contributed by atoms with Crippen LogP contribution in [0.15, 0.2) is 18.2 Å². The number of carbonyl (C=O) groups is 1. The van der Waals surface area contributed by atoms with Crippen LogP contribution in [0.4, 0.5) is 0 Å². The first-order valence-corrected chi connectivity index (χ1v) is 4.53. The number of benzene rings is 2. The number of fused-ring (bicyclic) bond motifs is 1. The highest BCUT2D eigenvalue weighted by Crippen LogP contribution is 2.41. The van der Waals surface area contributed by atoms with Gasteiger partial charge in [-0.15, -0.1) is 0 Å². The second-order valence-electron chi connectivity index (χ2n) is 3.47. The summed E-state index contributed by atoms with van der Waals surface area (Å²) in [5, 5.41) is 48.2. The van der Waals surface area contributed by atoms with Crippen molar-refractivity contribution in [3.8, 4) is 23.0 Å². The van der Waals surface area contributed by atoms with Crippen LogP contribution in [0.2, 0.25) is 0 Å². The molecule has 0 atom stereocenters. The molecule has 17 heavy (non-hydrogen) atoms. The SMILES string of the molecule is O=C(O)c1cc2c([O-])c(O)c(O)cc2cc1O. The normalized spacial score (nSPS) is 10.6. The molecule has 0 aliphatic heterocycles. The Morgan fingerprint density at radius 3 is 2.24 bits per heavy atom. The summed E-state index contributed by atoms with van der Waals surface area (Å²) in [6.07, 6.45) is 0. The van der Waals surface area contributed by atoms with Crippen molar-refractivity contribution in [3.05, 3.63) is 23.8 Å². The largest absolute Gasteiger partial charge is 0.869 e. The fraction of sp³-hybridized carbons (Fsp3) is 0. The predicted molar refractivity (Wildman–Crippen MR) is 55.3 cm³/mol. The summed E-state index contributed by atoms with van der Waals surface area (Å²) in [5.41, 5.74) is -0.445. The molecule has 0 fully saturated rings. The number of carboxylic acid groups (broad SMARTS) is 1. The molecule has 88 valence electrons. The van der Waals surface area contributed by atoms with Crippen molar-refractivity contribution in [2.24, 2.45) is 0 Å². The third-order valence-corrected chi connectivity index (χ3v) is 2.39. The average molecular weight is 235 g/mol. The van der Waals surface area contributed by atoms with Crippen LogP contribution in [-0.2, 0) is 0 Å². The highest BCUT2D eigenvalue weighted by molar-refractivity contribution is 6.01. The van der Waals surface area contributed by atoms with Crippen molar-refractivity contribution in [1.82, 2.24) is 0 Å². The number of aromatic carboxylic acids is 1. The first-order chi connectivity index (χ1) is 7.91. The van der Waals surface area contributed by atoms with Crippen LogP contribution < -0.4 is 5.11 Å². The molecule has 2 aromatic carbocycles. The van der Waals surface area contributed by atoms with E-state index in [1.807, 2.05) is 0 Å². The van der Waals surface area contributed by atoms with E-state index in [0.29, 0.717) is 0 Å². The summed E-state index contributed by atoms with van der Waals surface area (Å²) in [4.78, 5) is 10.8. The number of rotatable bonds is 1. The molecule has 6 nitrogen and oxygen atoms in total. The Bertz CT molecular complexity index is 632. The first-order valence-electron chi connectivity index (χ1n) is 4.53. The molecule has 0 aliphatic rings. The van der Waals surface area contributed by atoms with Crippen LogP contribution >= 0.6 is 0 Å². The topological polar surface area (TPSA) is 121 Å². The van der Waals surface area contributed by atoms with Gasteiger partial charge in [-0.3, -0.25) is 0 Å². The zero-order valence-electron chi connectivity index (χ0n) is 8.34. The van der Waals surface area contributed by atoms with Gasteiger partial charge in [-0.05, 0) is 29.0 Å². The molecule has 0 saturated carbocycles. The second kappa shape index (κ2) is 3.44. The zero-order chi connectivity index (χ0) is 12.7. The molecule has 2 aromatic rings. The van der Waals surface area contributed by atoms with Gasteiger partial charge in [-0.25, -0.2) is 4.79 Å². The van der Waals surface area contributed by atoms with Gasteiger partial charge < -0.3 is 25.5 Å². The first kappa shape index (κ1) is 10.9. The lowest BCUT2D eigenvalue weighted by molar-refractivity contribution is -0.267. The number of phenols is 3. The van der Waals surface area contributed by atoms with Gasteiger partial charge in [-0.2, -0.15) is 0 Å². The Hall–Kier alpha value is -2.63. The van der Waals surface area contributed by atoms with Gasteiger partial charge in [-0.1, -0.05) is 5.75 Å². The molecule has 0 spiro atoms. The molecule has 4 N–H and O–H groups in total. The highest BCUT2D eigenvalue weighted by Gasteiger charge is 2.13. The Labute approximate surface area is 94.6 Å². The van der Waals surface area contributed by atoms with Gasteiger partial charge in [0, 0.05) is 0 Å². The van der Waals surface area contributed by atoms with Crippen LogP contribution in [0.25, 0.3) is 10.8 Å². The van der Waals surface area contributed by atoms with E-state index in [1.165, 1.54) is 0 Å². The summed E-state index contributed by atoms with van der Waals surface area (Å²) in [6.45, 7) is 0. The average Bonchev–Trinajstić information content (AvgIpc) is 2.25. The van der Waals surface area contributed by atoms with Crippen molar-refractivity contribution >= 4 is 16.7 Å². The van der Waals surface area contributed by atoms with Crippen molar-refractivity contribution in [1.29, 1.82) is 0 Å². The van der Waals surface area contributed by atoms with Gasteiger partial charge in [0.1, 0.15) is 17.1 Å². The van der Waals surface area contributed by atoms with E-state index in [2.05, 4.69) is 0 Å². The molecule has 0 bridgehead atoms. The van der Waals surface area contributed by atoms with Gasteiger partial charge in [0.05, 0.1) is 0 Å². The molecule has 2 rings (SSSR count). The molecule has 6 heteroatoms. The highest BCUT2D eigenvalue weighted by atomic mass is 16.4. The fourth-order valence-electron chi connectivity index (χ4n) is 1.55. The van der Waals surface area contributed by atoms with Gasteiger partial charge in [0.25, 0.3) is 0 Å². The van der Waals surface area contributed by atoms with E-state index < -0.39 is 34.5 Å². The number of hydrogen-bond acceptors (Lipinski definition) is 5. The Kier molecular flexibility index (Phi) is 2.20. The maximum atomic E-state index is 11.6. The van der Waals surface area contributed by atoms with E-state index in [-0.39, 0.29) is 10.8 Å². The number of aromatic hydroxyl groups is 3. The summed E-state index contributed by atoms with van der Waals surface area (Å²) >= 11 is 0. The van der Waals surface area contributed by atoms with Gasteiger partial charge >= 0.3 is 5.97 Å². The van der Waals surface area contributed by atoms with Crippen molar-refractivity contribution in [3.63, 3.8) is 0 Å². The van der Waals surface area contributed by atoms with Gasteiger partial charge in [0.15, 0.2) is 5.75 Å². The van der Waals surface area contributed by atoms with E-state index in [1.54, 1.807) is 0 Å². The molecule has 0 unspecified atom stereocenters. The Balaban J connectivity index is 2.89. The summed E-state index contributed by atoms with van der Waals surface area (Å²) in [7, 11) is 0. The zero-order valence-corrected chi connectivity index (χ0v) is 8.34. The molecule has 0 aromatic heterocycles. The molecule has 0 saturated heterocycles. The summed E-state index contributed by atoms with van der Waals surface area (Å²) < 4.78 is 0. The molecule has 0 radical (unpaired) electrons. The molecule has 0 heterocycles. The van der Waals surface area contributed by atoms with Crippen LogP contribution in [0.5, 0.6) is 23.0 Å². The quantitative estimate of drug-likeness (QED) is 0.540. The summed E-state index contributed by atoms with van der Waals surface area (Å²) in [6, 6.07) is 3.06. The lowest BCUT2D eigenvalue weighted by Crippen LogP contribution is -1.98. The Morgan fingerprint density at radius 2 is 1.65 bits per heavy atom. The minimum atomic E-state index is -1.39. The molecule has 0 amide bonds. The standard InChI is InChI=1S/C11H8O6/c12-7-1-4-2-8(13)10(15)9(14)5(4)3-6(7)11(16)17/h1-3,12-15H,(H,16,17)/p-1. The lowest BCUT2D eigenvalue weighted by Gasteiger charge is -2.15. The van der Waals surface area contributed by atoms with Crippen LogP contribution in [-0.4, -0.2) is 26.4 Å². The van der Waals surface area contributed by atoms with Crippen LogP contribution in [0.1, 0.15) is 10.4 Å². The maximum Gasteiger partial charge on any atom is 0.339 e. The van der Waals surface area contributed by atoms with E-state index >= 15 is 0 Å². The molecular formula is C11H7O6-. The summed E-state index contributed by atoms with van der Waals surface area (Å²) in [5.74, 6) is -4.27. The van der Waals surface area contributed by atoms with E-state index in [4.69, 9.17) is 5.11 Å². The third-order valence-electron chi connectivity index (χ3n) is 2.39. The minimum Gasteiger partial charge on any atom is -0.869 e. The smallest absolute Gasteiger partial charge is 0.339 e. The van der Waals surface area contributed by atoms with E-state index in [9.17, 15) is 25.2 Å². The fourth-order valence-corrected chi connectivity index (χ4v) is 1.55. The lowest BCUT2D eigenvalue weighted by atomic mass is 10.0. The van der Waals surface area contributed by atoms with E-state index in [0.717, 1.165) is 18.2 Å². The number of phenolic OH excluding ortho intramolecular Hbond substituents is 2. The third kappa shape index (κ3) is 1.55. The second-order valence-corrected chi connectivity index (χ2v) is 3.47. The number of hydrogen-bond donors (Lipinski definition) is 4. The Morgan fingerprint density at radius 1 is 1.06 bits per heavy atom. The molecule has 0 aliphatic carbocycles. The number of carboxylic acids is 1. The maximum absolute atomic E-state index is 11.6. The van der Waals surface area contributed by atoms with Gasteiger partial charge in [0.2, 0.25) is 0 Å². The monoisotopic (exact) mass is 235 g/mol. The van der Waals surface area contributed by atoms with Crippen molar-refractivity contribution in [2.45, 2.75) is 0 Å². The van der Waals surface area contributed by atoms with Crippen LogP contribution in [0, 0.1) is 0 Å². The predicted octanol–water partition coefficient (Wildman–Crippen LogP) is 0.728. The van der Waals surface area contributed by atoms with Crippen molar-refractivity contribution in [2.75, 3.05) is 0 Å². The van der Waals surface area contributed by atoms with Crippen LogP contribution in [0.3, 0.4) is 0 Å². The van der Waals surface area contributed by atoms with Crippen molar-refractivity contribution < 1.29 is 30.3 Å². The minimum absolute atomic E-state index is 0.0875. The molecular weight excluding hydrogens is 228 g/mol.